The summed E-state index contributed by atoms with van der Waals surface area (Å²) in [4.78, 5) is 10.5. The molecule has 0 atom stereocenters. The molecule has 0 aromatic carbocycles. The van der Waals surface area contributed by atoms with Gasteiger partial charge in [0.05, 0.1) is 0 Å². The fourth-order valence-corrected chi connectivity index (χ4v) is 4.08. The van der Waals surface area contributed by atoms with E-state index >= 15 is 0 Å². The molecule has 0 saturated heterocycles. The van der Waals surface area contributed by atoms with E-state index in [0.29, 0.717) is 13.0 Å². The van der Waals surface area contributed by atoms with Gasteiger partial charge in [0, 0.05) is 53.0 Å². The fourth-order valence-electron chi connectivity index (χ4n) is 4.08. The normalized spacial score (nSPS) is 28.0. The van der Waals surface area contributed by atoms with E-state index in [4.69, 9.17) is 5.53 Å². The van der Waals surface area contributed by atoms with Gasteiger partial charge in [-0.15, -0.1) is 0 Å². The van der Waals surface area contributed by atoms with Crippen LogP contribution >= 0.6 is 0 Å². The number of azide groups is 1. The number of pyridine rings is 1. The molecule has 2 bridgehead atoms. The molecule has 0 spiro atoms. The van der Waals surface area contributed by atoms with Crippen molar-refractivity contribution in [1.29, 1.82) is 0 Å². The van der Waals surface area contributed by atoms with Gasteiger partial charge in [-0.2, -0.15) is 0 Å². The Balaban J connectivity index is 1.35. The highest BCUT2D eigenvalue weighted by Crippen LogP contribution is 2.69. The second kappa shape index (κ2) is 5.22. The highest BCUT2D eigenvalue weighted by atomic mass is 19.1. The second-order valence-corrected chi connectivity index (χ2v) is 7.05. The monoisotopic (exact) mass is 314 g/mol. The summed E-state index contributed by atoms with van der Waals surface area (Å²) in [6, 6.07) is 4.09. The third-order valence-corrected chi connectivity index (χ3v) is 5.04. The van der Waals surface area contributed by atoms with Crippen LogP contribution in [0, 0.1) is 5.41 Å². The van der Waals surface area contributed by atoms with Gasteiger partial charge in [-0.05, 0) is 48.8 Å². The van der Waals surface area contributed by atoms with E-state index in [-0.39, 0.29) is 5.41 Å². The molecule has 3 saturated carbocycles. The van der Waals surface area contributed by atoms with Crippen molar-refractivity contribution >= 4 is 10.9 Å². The zero-order valence-electron chi connectivity index (χ0n) is 12.8. The van der Waals surface area contributed by atoms with E-state index in [1.54, 1.807) is 0 Å². The first-order valence-corrected chi connectivity index (χ1v) is 7.97. The molecule has 5 rings (SSSR count). The minimum absolute atomic E-state index is 0.233. The third-order valence-electron chi connectivity index (χ3n) is 5.04. The van der Waals surface area contributed by atoms with Crippen LogP contribution in [0.1, 0.15) is 30.7 Å². The number of aromatic nitrogens is 2. The molecule has 3 fully saturated rings. The van der Waals surface area contributed by atoms with Gasteiger partial charge >= 0.3 is 0 Å². The average Bonchev–Trinajstić information content (AvgIpc) is 2.86. The molecule has 3 aliphatic carbocycles. The number of nitrogens with one attached hydrogen (secondary N) is 2. The summed E-state index contributed by atoms with van der Waals surface area (Å²) < 4.78 is 13.5. The van der Waals surface area contributed by atoms with Crippen molar-refractivity contribution in [3.05, 3.63) is 40.2 Å². The van der Waals surface area contributed by atoms with Crippen LogP contribution in [0.5, 0.6) is 0 Å². The Kier molecular flexibility index (Phi) is 3.28. The number of fused-ring (bicyclic) bond motifs is 1. The molecule has 2 aromatic rings. The minimum atomic E-state index is -0.819. The van der Waals surface area contributed by atoms with Gasteiger partial charge < -0.3 is 10.3 Å². The summed E-state index contributed by atoms with van der Waals surface area (Å²) in [7, 11) is 0. The number of nitrogens with zero attached hydrogens (tertiary/aromatic N) is 4. The first-order valence-electron chi connectivity index (χ1n) is 7.97. The van der Waals surface area contributed by atoms with Crippen LogP contribution in [-0.4, -0.2) is 28.7 Å². The molecule has 0 aliphatic heterocycles. The van der Waals surface area contributed by atoms with Crippen LogP contribution in [0.3, 0.4) is 0 Å². The number of hydrogen-bond donors (Lipinski definition) is 2. The molecule has 0 unspecified atom stereocenters. The second-order valence-electron chi connectivity index (χ2n) is 7.05. The SMILES string of the molecule is [N-]=[N+]=NCCc1cc2[nH]c(CNCC34CC(F)(C3)C4)cc2cn1. The maximum absolute atomic E-state index is 13.5. The Labute approximate surface area is 133 Å². The minimum Gasteiger partial charge on any atom is -0.357 e. The number of halogens is 1. The van der Waals surface area contributed by atoms with E-state index in [1.807, 2.05) is 12.3 Å². The largest absolute Gasteiger partial charge is 0.357 e. The van der Waals surface area contributed by atoms with E-state index in [2.05, 4.69) is 31.4 Å². The highest BCUT2D eigenvalue weighted by Gasteiger charge is 2.68. The standard InChI is InChI=1S/C16H19FN6/c17-16-7-15(8-16,9-16)10-19-6-13-3-11-5-20-12(1-2-21-23-18)4-14(11)22-13/h3-5,19,22H,1-2,6-10H2. The third kappa shape index (κ3) is 2.66. The van der Waals surface area contributed by atoms with Crippen LogP contribution in [0.25, 0.3) is 21.3 Å². The van der Waals surface area contributed by atoms with Gasteiger partial charge in [0.25, 0.3) is 0 Å². The van der Waals surface area contributed by atoms with Gasteiger partial charge in [-0.25, -0.2) is 4.39 Å². The maximum Gasteiger partial charge on any atom is 0.112 e. The van der Waals surface area contributed by atoms with E-state index in [1.165, 1.54) is 0 Å². The summed E-state index contributed by atoms with van der Waals surface area (Å²) in [5, 5.41) is 8.05. The van der Waals surface area contributed by atoms with Gasteiger partial charge in [0.1, 0.15) is 5.67 Å². The van der Waals surface area contributed by atoms with Gasteiger partial charge in [-0.3, -0.25) is 4.98 Å². The van der Waals surface area contributed by atoms with Crippen LogP contribution in [0.2, 0.25) is 0 Å². The van der Waals surface area contributed by atoms with Crippen molar-refractivity contribution in [1.82, 2.24) is 15.3 Å². The van der Waals surface area contributed by atoms with Crippen molar-refractivity contribution in [2.75, 3.05) is 13.1 Å². The topological polar surface area (TPSA) is 89.5 Å². The van der Waals surface area contributed by atoms with E-state index in [0.717, 1.165) is 54.6 Å². The maximum atomic E-state index is 13.5. The lowest BCUT2D eigenvalue weighted by atomic mass is 9.42. The Morgan fingerprint density at radius 3 is 2.96 bits per heavy atom. The highest BCUT2D eigenvalue weighted by molar-refractivity contribution is 5.79. The Bertz CT molecular complexity index is 771. The Morgan fingerprint density at radius 2 is 2.22 bits per heavy atom. The summed E-state index contributed by atoms with van der Waals surface area (Å²) in [5.41, 5.74) is 10.8. The first kappa shape index (κ1) is 14.5. The van der Waals surface area contributed by atoms with Crippen molar-refractivity contribution in [3.63, 3.8) is 0 Å². The van der Waals surface area contributed by atoms with Crippen molar-refractivity contribution in [2.24, 2.45) is 10.5 Å². The predicted molar refractivity (Wildman–Crippen MR) is 85.6 cm³/mol. The summed E-state index contributed by atoms with van der Waals surface area (Å²) in [6.45, 7) is 2.07. The number of aromatic amines is 1. The zero-order valence-corrected chi connectivity index (χ0v) is 12.8. The smallest absolute Gasteiger partial charge is 0.112 e. The molecular formula is C16H19FN6. The lowest BCUT2D eigenvalue weighted by molar-refractivity contribution is -0.209. The number of alkyl halides is 1. The van der Waals surface area contributed by atoms with Gasteiger partial charge in [0.2, 0.25) is 0 Å². The predicted octanol–water partition coefficient (Wildman–Crippen LogP) is 3.40. The molecule has 2 heterocycles. The average molecular weight is 314 g/mol. The summed E-state index contributed by atoms with van der Waals surface area (Å²) in [6.07, 6.45) is 4.68. The quantitative estimate of drug-likeness (QED) is 0.466. The fraction of sp³-hybridized carbons (Fsp3) is 0.562. The number of hydrogen-bond acceptors (Lipinski definition) is 3. The summed E-state index contributed by atoms with van der Waals surface area (Å²) >= 11 is 0. The molecule has 2 N–H and O–H groups in total. The Hall–Kier alpha value is -2.11. The van der Waals surface area contributed by atoms with E-state index in [9.17, 15) is 4.39 Å². The van der Waals surface area contributed by atoms with Gasteiger partial charge in [-0.1, -0.05) is 5.11 Å². The summed E-state index contributed by atoms with van der Waals surface area (Å²) in [5.74, 6) is 0. The lowest BCUT2D eigenvalue weighted by Crippen LogP contribution is -2.67. The van der Waals surface area contributed by atoms with Gasteiger partial charge in [0.15, 0.2) is 0 Å². The number of rotatable bonds is 7. The molecule has 23 heavy (non-hydrogen) atoms. The molecule has 0 radical (unpaired) electrons. The molecule has 3 aliphatic rings. The molecule has 0 amide bonds. The first-order chi connectivity index (χ1) is 11.1. The van der Waals surface area contributed by atoms with E-state index < -0.39 is 5.67 Å². The Morgan fingerprint density at radius 1 is 1.39 bits per heavy atom. The van der Waals surface area contributed by atoms with Crippen molar-refractivity contribution in [2.45, 2.75) is 37.9 Å². The molecule has 2 aromatic heterocycles. The van der Waals surface area contributed by atoms with Crippen LogP contribution < -0.4 is 5.32 Å². The van der Waals surface area contributed by atoms with Crippen molar-refractivity contribution < 1.29 is 4.39 Å². The molecular weight excluding hydrogens is 295 g/mol. The number of H-pyrrole nitrogens is 1. The van der Waals surface area contributed by atoms with Crippen LogP contribution in [-0.2, 0) is 13.0 Å². The zero-order chi connectivity index (χ0) is 15.9. The van der Waals surface area contributed by atoms with Crippen molar-refractivity contribution in [3.8, 4) is 0 Å². The molecule has 7 heteroatoms. The lowest BCUT2D eigenvalue weighted by Gasteiger charge is -2.66. The molecule has 6 nitrogen and oxygen atoms in total. The molecule has 120 valence electrons. The van der Waals surface area contributed by atoms with Crippen LogP contribution in [0.15, 0.2) is 23.4 Å². The van der Waals surface area contributed by atoms with Crippen LogP contribution in [0.4, 0.5) is 4.39 Å².